The summed E-state index contributed by atoms with van der Waals surface area (Å²) in [6, 6.07) is 10.1. The highest BCUT2D eigenvalue weighted by molar-refractivity contribution is 5.79. The Balaban J connectivity index is 1.19. The normalized spacial score (nSPS) is 27.6. The standard InChI is InChI=1S/C29H30F6N2O/c1-18-17-37(11-10-27(18)9-8-20-4-2-3-5-25(20)27)24-7-6-21(14-24)26(38)36-16-19-12-22(28(30,31)32)15-23(13-19)29(33,34)35/h2-5,8-9,12-13,15,18,21,24H,6-7,10-11,14,16-17H2,1H3,(H,36,38)/t18-,21-,24+,27-/m0/s1. The van der Waals surface area contributed by atoms with Crippen LogP contribution in [0.5, 0.6) is 0 Å². The van der Waals surface area contributed by atoms with Crippen molar-refractivity contribution in [1.29, 1.82) is 0 Å². The lowest BCUT2D eigenvalue weighted by Crippen LogP contribution is -2.50. The van der Waals surface area contributed by atoms with Gasteiger partial charge in [-0.15, -0.1) is 0 Å². The molecule has 3 nitrogen and oxygen atoms in total. The van der Waals surface area contributed by atoms with Crippen LogP contribution >= 0.6 is 0 Å². The molecule has 1 spiro atoms. The SMILES string of the molecule is C[C@H]1CN([C@@H]2CC[C@H](C(=O)NCc3cc(C(F)(F)F)cc(C(F)(F)F)c3)C2)CC[C@@]12C=Cc1ccccc12. The molecular weight excluding hydrogens is 506 g/mol. The topological polar surface area (TPSA) is 32.3 Å². The lowest BCUT2D eigenvalue weighted by molar-refractivity contribution is -0.143. The number of likely N-dealkylation sites (tertiary alicyclic amines) is 1. The second kappa shape index (κ2) is 9.74. The average molecular weight is 537 g/mol. The molecule has 1 amide bonds. The average Bonchev–Trinajstić information content (AvgIpc) is 3.50. The fourth-order valence-electron chi connectivity index (χ4n) is 6.54. The molecule has 0 bridgehead atoms. The number of halogens is 6. The van der Waals surface area contributed by atoms with Gasteiger partial charge in [0.25, 0.3) is 0 Å². The van der Waals surface area contributed by atoms with E-state index in [1.165, 1.54) is 11.1 Å². The van der Waals surface area contributed by atoms with Crippen molar-refractivity contribution in [2.24, 2.45) is 11.8 Å². The maximum atomic E-state index is 13.1. The van der Waals surface area contributed by atoms with Crippen LogP contribution in [-0.4, -0.2) is 29.9 Å². The van der Waals surface area contributed by atoms with Crippen LogP contribution < -0.4 is 5.32 Å². The van der Waals surface area contributed by atoms with Crippen LogP contribution in [0.15, 0.2) is 48.5 Å². The summed E-state index contributed by atoms with van der Waals surface area (Å²) in [7, 11) is 0. The number of fused-ring (bicyclic) bond motifs is 2. The van der Waals surface area contributed by atoms with Gasteiger partial charge in [-0.25, -0.2) is 0 Å². The highest BCUT2D eigenvalue weighted by Crippen LogP contribution is 2.48. The predicted molar refractivity (Wildman–Crippen MR) is 132 cm³/mol. The molecule has 5 rings (SSSR count). The summed E-state index contributed by atoms with van der Waals surface area (Å²) >= 11 is 0. The number of hydrogen-bond acceptors (Lipinski definition) is 2. The van der Waals surface area contributed by atoms with Crippen molar-refractivity contribution in [3.05, 3.63) is 76.4 Å². The highest BCUT2D eigenvalue weighted by Gasteiger charge is 2.45. The van der Waals surface area contributed by atoms with E-state index in [0.29, 0.717) is 30.9 Å². The van der Waals surface area contributed by atoms with Gasteiger partial charge in [0.15, 0.2) is 0 Å². The Kier molecular flexibility index (Phi) is 6.86. The largest absolute Gasteiger partial charge is 0.416 e. The molecule has 1 saturated carbocycles. The third kappa shape index (κ3) is 5.09. The number of nitrogens with one attached hydrogen (secondary N) is 1. The van der Waals surface area contributed by atoms with E-state index in [1.54, 1.807) is 0 Å². The Bertz CT molecular complexity index is 1200. The molecule has 2 aliphatic carbocycles. The number of allylic oxidation sites excluding steroid dienone is 1. The van der Waals surface area contributed by atoms with E-state index in [2.05, 4.69) is 47.5 Å². The lowest BCUT2D eigenvalue weighted by atomic mass is 9.68. The van der Waals surface area contributed by atoms with E-state index >= 15 is 0 Å². The fourth-order valence-corrected chi connectivity index (χ4v) is 6.54. The summed E-state index contributed by atoms with van der Waals surface area (Å²) in [4.78, 5) is 15.3. The first kappa shape index (κ1) is 26.8. The van der Waals surface area contributed by atoms with Crippen LogP contribution in [0.4, 0.5) is 26.3 Å². The van der Waals surface area contributed by atoms with E-state index in [1.807, 2.05) is 6.07 Å². The summed E-state index contributed by atoms with van der Waals surface area (Å²) in [6.45, 7) is 3.69. The minimum atomic E-state index is -4.92. The highest BCUT2D eigenvalue weighted by atomic mass is 19.4. The second-order valence-corrected chi connectivity index (χ2v) is 10.9. The Morgan fingerprint density at radius 1 is 1.03 bits per heavy atom. The molecule has 2 aromatic carbocycles. The van der Waals surface area contributed by atoms with E-state index in [9.17, 15) is 31.1 Å². The smallest absolute Gasteiger partial charge is 0.352 e. The number of alkyl halides is 6. The number of amides is 1. The second-order valence-electron chi connectivity index (χ2n) is 10.9. The number of carbonyl (C=O) groups is 1. The van der Waals surface area contributed by atoms with Gasteiger partial charge in [0, 0.05) is 30.5 Å². The van der Waals surface area contributed by atoms with Gasteiger partial charge in [-0.2, -0.15) is 26.3 Å². The molecule has 204 valence electrons. The zero-order valence-corrected chi connectivity index (χ0v) is 21.0. The monoisotopic (exact) mass is 536 g/mol. The molecule has 9 heteroatoms. The number of piperidine rings is 1. The van der Waals surface area contributed by atoms with Crippen molar-refractivity contribution in [1.82, 2.24) is 10.2 Å². The maximum Gasteiger partial charge on any atom is 0.416 e. The van der Waals surface area contributed by atoms with Gasteiger partial charge in [0.05, 0.1) is 11.1 Å². The molecule has 2 aromatic rings. The van der Waals surface area contributed by atoms with Crippen molar-refractivity contribution < 1.29 is 31.1 Å². The number of nitrogens with zero attached hydrogens (tertiary/aromatic N) is 1. The first-order chi connectivity index (χ1) is 17.9. The first-order valence-electron chi connectivity index (χ1n) is 13.0. The molecule has 1 heterocycles. The van der Waals surface area contributed by atoms with Gasteiger partial charge in [-0.1, -0.05) is 43.3 Å². The van der Waals surface area contributed by atoms with Gasteiger partial charge in [0.1, 0.15) is 0 Å². The van der Waals surface area contributed by atoms with Crippen LogP contribution in [0.1, 0.15) is 60.4 Å². The van der Waals surface area contributed by atoms with Gasteiger partial charge in [-0.3, -0.25) is 4.79 Å². The predicted octanol–water partition coefficient (Wildman–Crippen LogP) is 6.82. The van der Waals surface area contributed by atoms with Crippen molar-refractivity contribution in [2.75, 3.05) is 13.1 Å². The summed E-state index contributed by atoms with van der Waals surface area (Å²) in [5.41, 5.74) is -0.311. The van der Waals surface area contributed by atoms with Crippen LogP contribution in [0.25, 0.3) is 6.08 Å². The molecule has 1 N–H and O–H groups in total. The summed E-state index contributed by atoms with van der Waals surface area (Å²) in [5, 5.41) is 2.58. The van der Waals surface area contributed by atoms with Gasteiger partial charge >= 0.3 is 12.4 Å². The first-order valence-corrected chi connectivity index (χ1v) is 13.0. The number of rotatable bonds is 4. The van der Waals surface area contributed by atoms with Crippen molar-refractivity contribution in [2.45, 2.75) is 63.0 Å². The van der Waals surface area contributed by atoms with E-state index in [0.717, 1.165) is 25.9 Å². The fraction of sp³-hybridized carbons (Fsp3) is 0.483. The zero-order chi connectivity index (χ0) is 27.3. The minimum Gasteiger partial charge on any atom is -0.352 e. The Hall–Kier alpha value is -2.81. The van der Waals surface area contributed by atoms with E-state index < -0.39 is 23.5 Å². The lowest BCUT2D eigenvalue weighted by Gasteiger charge is -2.46. The number of hydrogen-bond donors (Lipinski definition) is 1. The molecule has 1 saturated heterocycles. The Morgan fingerprint density at radius 3 is 2.37 bits per heavy atom. The molecule has 0 aromatic heterocycles. The third-order valence-electron chi connectivity index (χ3n) is 8.63. The molecule has 38 heavy (non-hydrogen) atoms. The van der Waals surface area contributed by atoms with E-state index in [4.69, 9.17) is 0 Å². The molecule has 0 unspecified atom stereocenters. The van der Waals surface area contributed by atoms with Crippen LogP contribution in [-0.2, 0) is 29.1 Å². The minimum absolute atomic E-state index is 0.0305. The van der Waals surface area contributed by atoms with Crippen LogP contribution in [0.3, 0.4) is 0 Å². The van der Waals surface area contributed by atoms with Gasteiger partial charge in [0.2, 0.25) is 5.91 Å². The van der Waals surface area contributed by atoms with Crippen molar-refractivity contribution in [3.63, 3.8) is 0 Å². The van der Waals surface area contributed by atoms with Gasteiger partial charge < -0.3 is 10.2 Å². The Labute approximate surface area is 217 Å². The third-order valence-corrected chi connectivity index (χ3v) is 8.63. The molecule has 0 radical (unpaired) electrons. The molecule has 1 aliphatic heterocycles. The summed E-state index contributed by atoms with van der Waals surface area (Å²) in [6.07, 6.45) is -2.18. The van der Waals surface area contributed by atoms with Gasteiger partial charge in [-0.05, 0) is 73.0 Å². The summed E-state index contributed by atoms with van der Waals surface area (Å²) < 4.78 is 78.8. The van der Waals surface area contributed by atoms with Crippen molar-refractivity contribution in [3.8, 4) is 0 Å². The van der Waals surface area contributed by atoms with Crippen LogP contribution in [0, 0.1) is 11.8 Å². The van der Waals surface area contributed by atoms with Crippen molar-refractivity contribution >= 4 is 12.0 Å². The molecule has 2 fully saturated rings. The number of benzene rings is 2. The molecule has 3 aliphatic rings. The molecular formula is C29H30F6N2O. The quantitative estimate of drug-likeness (QED) is 0.435. The zero-order valence-electron chi connectivity index (χ0n) is 21.0. The van der Waals surface area contributed by atoms with E-state index in [-0.39, 0.29) is 41.5 Å². The molecule has 4 atom stereocenters. The maximum absolute atomic E-state index is 13.1. The number of carbonyl (C=O) groups excluding carboxylic acids is 1. The van der Waals surface area contributed by atoms with Crippen LogP contribution in [0.2, 0.25) is 0 Å². The Morgan fingerprint density at radius 2 is 1.71 bits per heavy atom. The summed E-state index contributed by atoms with van der Waals surface area (Å²) in [5.74, 6) is -0.244.